The molecule has 0 spiro atoms. The Bertz CT molecular complexity index is 817. The average Bonchev–Trinajstić information content (AvgIpc) is 2.74. The van der Waals surface area contributed by atoms with Gasteiger partial charge in [0, 0.05) is 38.4 Å². The van der Waals surface area contributed by atoms with Gasteiger partial charge in [0.15, 0.2) is 0 Å². The number of benzene rings is 2. The number of hydrogen-bond donors (Lipinski definition) is 2. The predicted molar refractivity (Wildman–Crippen MR) is 116 cm³/mol. The second-order valence-electron chi connectivity index (χ2n) is 7.55. The molecule has 29 heavy (non-hydrogen) atoms. The van der Waals surface area contributed by atoms with Gasteiger partial charge in [-0.15, -0.1) is 0 Å². The van der Waals surface area contributed by atoms with Gasteiger partial charge in [0.1, 0.15) is 0 Å². The first-order chi connectivity index (χ1) is 14.0. The van der Waals surface area contributed by atoms with Gasteiger partial charge in [0.05, 0.1) is 12.6 Å². The third-order valence-electron chi connectivity index (χ3n) is 5.44. The van der Waals surface area contributed by atoms with Crippen LogP contribution in [0.3, 0.4) is 0 Å². The molecule has 2 N–H and O–H groups in total. The smallest absolute Gasteiger partial charge is 0.241 e. The van der Waals surface area contributed by atoms with Gasteiger partial charge in [0.2, 0.25) is 11.8 Å². The molecule has 0 aliphatic carbocycles. The molecule has 0 bridgehead atoms. The second-order valence-corrected chi connectivity index (χ2v) is 7.55. The van der Waals surface area contributed by atoms with Crippen molar-refractivity contribution in [2.45, 2.75) is 26.4 Å². The number of anilines is 1. The zero-order chi connectivity index (χ0) is 20.6. The molecule has 1 atom stereocenters. The zero-order valence-corrected chi connectivity index (χ0v) is 17.2. The van der Waals surface area contributed by atoms with E-state index in [9.17, 15) is 9.59 Å². The molecule has 2 aromatic rings. The molecule has 3 rings (SSSR count). The summed E-state index contributed by atoms with van der Waals surface area (Å²) in [6.07, 6.45) is 0. The number of carbonyl (C=O) groups is 2. The molecular formula is C23H30N4O2. The number of nitrogens with one attached hydrogen (secondary N) is 2. The molecule has 0 saturated carbocycles. The molecule has 6 heteroatoms. The number of para-hydroxylation sites is 1. The van der Waals surface area contributed by atoms with Crippen molar-refractivity contribution in [3.63, 3.8) is 0 Å². The van der Waals surface area contributed by atoms with E-state index in [4.69, 9.17) is 0 Å². The second kappa shape index (κ2) is 10.2. The lowest BCUT2D eigenvalue weighted by atomic mass is 10.1. The van der Waals surface area contributed by atoms with E-state index in [-0.39, 0.29) is 17.9 Å². The van der Waals surface area contributed by atoms with Crippen molar-refractivity contribution in [1.82, 2.24) is 15.1 Å². The molecular weight excluding hydrogens is 364 g/mol. The summed E-state index contributed by atoms with van der Waals surface area (Å²) in [7, 11) is 0. The summed E-state index contributed by atoms with van der Waals surface area (Å²) in [4.78, 5) is 29.1. The van der Waals surface area contributed by atoms with Crippen molar-refractivity contribution >= 4 is 17.5 Å². The molecule has 1 aliphatic heterocycles. The predicted octanol–water partition coefficient (Wildman–Crippen LogP) is 2.26. The summed E-state index contributed by atoms with van der Waals surface area (Å²) >= 11 is 0. The Morgan fingerprint density at radius 2 is 1.62 bits per heavy atom. The standard InChI is InChI=1S/C23H30N4O2/c1-18-8-6-7-11-21(18)25-23(29)19(2)27-14-12-26(13-15-27)17-22(28)24-16-20-9-4-3-5-10-20/h3-11,19H,12-17H2,1-2H3,(H,24,28)(H,25,29)/t19-/m1/s1. The average molecular weight is 395 g/mol. The normalized spacial score (nSPS) is 16.2. The maximum Gasteiger partial charge on any atom is 0.241 e. The molecule has 2 amide bonds. The Hall–Kier alpha value is -2.70. The minimum Gasteiger partial charge on any atom is -0.351 e. The number of amides is 2. The number of piperazine rings is 1. The first kappa shape index (κ1) is 21.0. The summed E-state index contributed by atoms with van der Waals surface area (Å²) in [5.74, 6) is 0.0426. The topological polar surface area (TPSA) is 64.7 Å². The van der Waals surface area contributed by atoms with Crippen LogP contribution < -0.4 is 10.6 Å². The summed E-state index contributed by atoms with van der Waals surface area (Å²) in [6.45, 7) is 7.97. The molecule has 6 nitrogen and oxygen atoms in total. The maximum atomic E-state index is 12.6. The van der Waals surface area contributed by atoms with E-state index in [0.717, 1.165) is 43.0 Å². The molecule has 1 saturated heterocycles. The fourth-order valence-electron chi connectivity index (χ4n) is 3.48. The number of nitrogens with zero attached hydrogens (tertiary/aromatic N) is 2. The van der Waals surface area contributed by atoms with E-state index in [2.05, 4.69) is 20.4 Å². The largest absolute Gasteiger partial charge is 0.351 e. The fraction of sp³-hybridized carbons (Fsp3) is 0.391. The van der Waals surface area contributed by atoms with Gasteiger partial charge in [-0.05, 0) is 31.0 Å². The lowest BCUT2D eigenvalue weighted by Gasteiger charge is -2.37. The monoisotopic (exact) mass is 394 g/mol. The van der Waals surface area contributed by atoms with Crippen molar-refractivity contribution < 1.29 is 9.59 Å². The summed E-state index contributed by atoms with van der Waals surface area (Å²) in [6, 6.07) is 17.5. The summed E-state index contributed by atoms with van der Waals surface area (Å²) < 4.78 is 0. The summed E-state index contributed by atoms with van der Waals surface area (Å²) in [5.41, 5.74) is 3.01. The van der Waals surface area contributed by atoms with Crippen molar-refractivity contribution in [2.24, 2.45) is 0 Å². The highest BCUT2D eigenvalue weighted by Gasteiger charge is 2.26. The zero-order valence-electron chi connectivity index (χ0n) is 17.2. The number of aryl methyl sites for hydroxylation is 1. The number of rotatable bonds is 7. The van der Waals surface area contributed by atoms with Crippen LogP contribution in [0.15, 0.2) is 54.6 Å². The van der Waals surface area contributed by atoms with E-state index >= 15 is 0 Å². The van der Waals surface area contributed by atoms with Gasteiger partial charge < -0.3 is 10.6 Å². The van der Waals surface area contributed by atoms with Crippen LogP contribution in [-0.4, -0.2) is 60.4 Å². The minimum absolute atomic E-state index is 0.00774. The van der Waals surface area contributed by atoms with Crippen molar-refractivity contribution in [3.8, 4) is 0 Å². The van der Waals surface area contributed by atoms with Crippen LogP contribution in [0.2, 0.25) is 0 Å². The van der Waals surface area contributed by atoms with Gasteiger partial charge in [-0.2, -0.15) is 0 Å². The fourth-order valence-corrected chi connectivity index (χ4v) is 3.48. The van der Waals surface area contributed by atoms with Crippen LogP contribution in [-0.2, 0) is 16.1 Å². The van der Waals surface area contributed by atoms with Crippen molar-refractivity contribution in [1.29, 1.82) is 0 Å². The van der Waals surface area contributed by atoms with Crippen LogP contribution in [0.1, 0.15) is 18.1 Å². The Morgan fingerprint density at radius 1 is 0.966 bits per heavy atom. The molecule has 0 unspecified atom stereocenters. The third kappa shape index (κ3) is 6.14. The first-order valence-electron chi connectivity index (χ1n) is 10.2. The van der Waals surface area contributed by atoms with E-state index in [0.29, 0.717) is 13.1 Å². The Kier molecular flexibility index (Phi) is 7.38. The molecule has 2 aromatic carbocycles. The Morgan fingerprint density at radius 3 is 2.31 bits per heavy atom. The van der Waals surface area contributed by atoms with Crippen LogP contribution in [0.5, 0.6) is 0 Å². The molecule has 1 fully saturated rings. The highest BCUT2D eigenvalue weighted by atomic mass is 16.2. The number of carbonyl (C=O) groups excluding carboxylic acids is 2. The van der Waals surface area contributed by atoms with Gasteiger partial charge in [-0.25, -0.2) is 0 Å². The van der Waals surface area contributed by atoms with Crippen molar-refractivity contribution in [2.75, 3.05) is 38.0 Å². The van der Waals surface area contributed by atoms with Crippen LogP contribution in [0.25, 0.3) is 0 Å². The maximum absolute atomic E-state index is 12.6. The van der Waals surface area contributed by atoms with E-state index < -0.39 is 0 Å². The molecule has 1 heterocycles. The van der Waals surface area contributed by atoms with E-state index in [1.54, 1.807) is 0 Å². The molecule has 1 aliphatic rings. The van der Waals surface area contributed by atoms with Crippen LogP contribution in [0.4, 0.5) is 5.69 Å². The Labute approximate surface area is 172 Å². The minimum atomic E-state index is -0.205. The van der Waals surface area contributed by atoms with E-state index in [1.807, 2.05) is 68.4 Å². The van der Waals surface area contributed by atoms with Gasteiger partial charge in [0.25, 0.3) is 0 Å². The van der Waals surface area contributed by atoms with Crippen LogP contribution in [0, 0.1) is 6.92 Å². The van der Waals surface area contributed by atoms with Crippen LogP contribution >= 0.6 is 0 Å². The third-order valence-corrected chi connectivity index (χ3v) is 5.44. The lowest BCUT2D eigenvalue weighted by Crippen LogP contribution is -2.54. The SMILES string of the molecule is Cc1ccccc1NC(=O)[C@@H](C)N1CCN(CC(=O)NCc2ccccc2)CC1. The number of hydrogen-bond acceptors (Lipinski definition) is 4. The van der Waals surface area contributed by atoms with E-state index in [1.165, 1.54) is 0 Å². The molecule has 0 radical (unpaired) electrons. The quantitative estimate of drug-likeness (QED) is 0.756. The highest BCUT2D eigenvalue weighted by Crippen LogP contribution is 2.15. The van der Waals surface area contributed by atoms with Gasteiger partial charge in [-0.3, -0.25) is 19.4 Å². The Balaban J connectivity index is 1.40. The molecule has 154 valence electrons. The summed E-state index contributed by atoms with van der Waals surface area (Å²) in [5, 5.41) is 6.00. The highest BCUT2D eigenvalue weighted by molar-refractivity contribution is 5.95. The lowest BCUT2D eigenvalue weighted by molar-refractivity contribution is -0.124. The van der Waals surface area contributed by atoms with Gasteiger partial charge >= 0.3 is 0 Å². The van der Waals surface area contributed by atoms with Gasteiger partial charge in [-0.1, -0.05) is 48.5 Å². The molecule has 0 aromatic heterocycles. The van der Waals surface area contributed by atoms with Crippen molar-refractivity contribution in [3.05, 3.63) is 65.7 Å². The first-order valence-corrected chi connectivity index (χ1v) is 10.2.